The van der Waals surface area contributed by atoms with Gasteiger partial charge < -0.3 is 9.84 Å². The van der Waals surface area contributed by atoms with Crippen LogP contribution in [0.3, 0.4) is 0 Å². The van der Waals surface area contributed by atoms with E-state index in [4.69, 9.17) is 4.74 Å². The first-order valence-electron chi connectivity index (χ1n) is 9.17. The summed E-state index contributed by atoms with van der Waals surface area (Å²) in [6.45, 7) is 0. The van der Waals surface area contributed by atoms with Gasteiger partial charge in [0.25, 0.3) is 11.7 Å². The summed E-state index contributed by atoms with van der Waals surface area (Å²) >= 11 is 0. The molecule has 1 saturated heterocycles. The maximum Gasteiger partial charge on any atom is 0.300 e. The van der Waals surface area contributed by atoms with Crippen molar-refractivity contribution in [1.82, 2.24) is 0 Å². The first-order valence-corrected chi connectivity index (χ1v) is 9.17. The molecule has 3 aromatic carbocycles. The SMILES string of the molecule is COc1ccc(/C(O)=C2\C(=O)C(=O)N(c3ccccc3)[C@H]2c2ccccc2)cc1. The first kappa shape index (κ1) is 18.5. The summed E-state index contributed by atoms with van der Waals surface area (Å²) in [6, 6.07) is 24.2. The summed E-state index contributed by atoms with van der Waals surface area (Å²) in [5.41, 5.74) is 1.84. The molecule has 1 fully saturated rings. The Morgan fingerprint density at radius 2 is 1.45 bits per heavy atom. The maximum atomic E-state index is 13.0. The van der Waals surface area contributed by atoms with Crippen molar-refractivity contribution < 1.29 is 19.4 Å². The Balaban J connectivity index is 1.91. The van der Waals surface area contributed by atoms with Gasteiger partial charge in [0.15, 0.2) is 0 Å². The van der Waals surface area contributed by atoms with E-state index in [-0.39, 0.29) is 11.3 Å². The molecule has 0 spiro atoms. The topological polar surface area (TPSA) is 66.8 Å². The zero-order valence-electron chi connectivity index (χ0n) is 15.8. The number of para-hydroxylation sites is 1. The van der Waals surface area contributed by atoms with Crippen molar-refractivity contribution in [3.8, 4) is 5.75 Å². The Bertz CT molecular complexity index is 1070. The number of rotatable bonds is 4. The number of carbonyl (C=O) groups excluding carboxylic acids is 2. The minimum Gasteiger partial charge on any atom is -0.507 e. The minimum atomic E-state index is -0.722. The van der Waals surface area contributed by atoms with Gasteiger partial charge in [-0.1, -0.05) is 48.5 Å². The van der Waals surface area contributed by atoms with Gasteiger partial charge >= 0.3 is 0 Å². The van der Waals surface area contributed by atoms with Crippen LogP contribution < -0.4 is 9.64 Å². The number of Topliss-reactive ketones (excluding diaryl/α,β-unsaturated/α-hetero) is 1. The molecule has 4 rings (SSSR count). The van der Waals surface area contributed by atoms with Crippen LogP contribution in [-0.2, 0) is 9.59 Å². The van der Waals surface area contributed by atoms with Gasteiger partial charge in [0.2, 0.25) is 0 Å². The highest BCUT2D eigenvalue weighted by molar-refractivity contribution is 6.51. The van der Waals surface area contributed by atoms with E-state index >= 15 is 0 Å². The fourth-order valence-corrected chi connectivity index (χ4v) is 3.54. The molecule has 0 aromatic heterocycles. The minimum absolute atomic E-state index is 0.0650. The predicted molar refractivity (Wildman–Crippen MR) is 111 cm³/mol. The summed E-state index contributed by atoms with van der Waals surface area (Å²) in [5, 5.41) is 11.0. The maximum absolute atomic E-state index is 13.0. The van der Waals surface area contributed by atoms with E-state index < -0.39 is 17.7 Å². The van der Waals surface area contributed by atoms with Crippen molar-refractivity contribution in [2.75, 3.05) is 12.0 Å². The van der Waals surface area contributed by atoms with Crippen LogP contribution in [0.4, 0.5) is 5.69 Å². The lowest BCUT2D eigenvalue weighted by atomic mass is 9.95. The van der Waals surface area contributed by atoms with E-state index in [1.165, 1.54) is 4.90 Å². The van der Waals surface area contributed by atoms with Crippen LogP contribution in [0.5, 0.6) is 5.75 Å². The lowest BCUT2D eigenvalue weighted by molar-refractivity contribution is -0.132. The number of nitrogens with zero attached hydrogens (tertiary/aromatic N) is 1. The molecule has 3 aromatic rings. The number of hydrogen-bond acceptors (Lipinski definition) is 4. The highest BCUT2D eigenvalue weighted by Crippen LogP contribution is 2.42. The first-order chi connectivity index (χ1) is 14.1. The van der Waals surface area contributed by atoms with Crippen molar-refractivity contribution in [3.05, 3.63) is 102 Å². The zero-order chi connectivity index (χ0) is 20.4. The van der Waals surface area contributed by atoms with Gasteiger partial charge in [0.05, 0.1) is 18.7 Å². The number of hydrogen-bond donors (Lipinski definition) is 1. The number of ketones is 1. The molecule has 0 saturated carbocycles. The van der Waals surface area contributed by atoms with E-state index in [1.807, 2.05) is 36.4 Å². The van der Waals surface area contributed by atoms with Gasteiger partial charge in [0, 0.05) is 11.3 Å². The smallest absolute Gasteiger partial charge is 0.300 e. The summed E-state index contributed by atoms with van der Waals surface area (Å²) in [5.74, 6) is -0.958. The lowest BCUT2D eigenvalue weighted by Crippen LogP contribution is -2.29. The Morgan fingerprint density at radius 3 is 2.03 bits per heavy atom. The lowest BCUT2D eigenvalue weighted by Gasteiger charge is -2.25. The van der Waals surface area contributed by atoms with Crippen LogP contribution in [-0.4, -0.2) is 23.9 Å². The van der Waals surface area contributed by atoms with Crippen molar-refractivity contribution >= 4 is 23.1 Å². The monoisotopic (exact) mass is 385 g/mol. The number of carbonyl (C=O) groups is 2. The third kappa shape index (κ3) is 3.27. The van der Waals surface area contributed by atoms with Crippen molar-refractivity contribution in [2.24, 2.45) is 0 Å². The normalized spacial score (nSPS) is 18.1. The third-order valence-electron chi connectivity index (χ3n) is 4.96. The molecule has 1 aliphatic rings. The van der Waals surface area contributed by atoms with Crippen molar-refractivity contribution in [1.29, 1.82) is 0 Å². The Labute approximate surface area is 168 Å². The molecule has 0 aliphatic carbocycles. The molecule has 0 radical (unpaired) electrons. The van der Waals surface area contributed by atoms with Gasteiger partial charge in [-0.3, -0.25) is 14.5 Å². The third-order valence-corrected chi connectivity index (χ3v) is 4.96. The molecule has 29 heavy (non-hydrogen) atoms. The van der Waals surface area contributed by atoms with Crippen LogP contribution >= 0.6 is 0 Å². The van der Waals surface area contributed by atoms with E-state index in [0.29, 0.717) is 17.0 Å². The standard InChI is InChI=1S/C24H19NO4/c1-29-19-14-12-17(13-15-19)22(26)20-21(16-8-4-2-5-9-16)25(24(28)23(20)27)18-10-6-3-7-11-18/h2-15,21,26H,1H3/b22-20+/t21-/m0/s1. The molecule has 5 heteroatoms. The van der Waals surface area contributed by atoms with E-state index in [0.717, 1.165) is 5.56 Å². The molecule has 0 bridgehead atoms. The summed E-state index contributed by atoms with van der Waals surface area (Å²) in [6.07, 6.45) is 0. The van der Waals surface area contributed by atoms with Gasteiger partial charge in [-0.2, -0.15) is 0 Å². The van der Waals surface area contributed by atoms with Crippen LogP contribution in [0, 0.1) is 0 Å². The van der Waals surface area contributed by atoms with Gasteiger partial charge in [-0.25, -0.2) is 0 Å². The van der Waals surface area contributed by atoms with E-state index in [1.54, 1.807) is 55.6 Å². The van der Waals surface area contributed by atoms with Crippen molar-refractivity contribution in [3.63, 3.8) is 0 Å². The fourth-order valence-electron chi connectivity index (χ4n) is 3.54. The molecular weight excluding hydrogens is 366 g/mol. The number of anilines is 1. The molecule has 1 N–H and O–H groups in total. The second-order valence-electron chi connectivity index (χ2n) is 6.64. The zero-order valence-corrected chi connectivity index (χ0v) is 15.8. The summed E-state index contributed by atoms with van der Waals surface area (Å²) in [4.78, 5) is 27.4. The number of amides is 1. The van der Waals surface area contributed by atoms with Crippen LogP contribution in [0.15, 0.2) is 90.5 Å². The highest BCUT2D eigenvalue weighted by Gasteiger charge is 2.46. The van der Waals surface area contributed by atoms with Gasteiger partial charge in [0.1, 0.15) is 11.5 Å². The Kier molecular flexibility index (Phi) is 4.87. The Hall–Kier alpha value is -3.86. The Morgan fingerprint density at radius 1 is 0.862 bits per heavy atom. The van der Waals surface area contributed by atoms with Gasteiger partial charge in [-0.15, -0.1) is 0 Å². The number of aliphatic hydroxyl groups is 1. The summed E-state index contributed by atoms with van der Waals surface area (Å²) in [7, 11) is 1.55. The van der Waals surface area contributed by atoms with E-state index in [2.05, 4.69) is 0 Å². The van der Waals surface area contributed by atoms with Gasteiger partial charge in [-0.05, 0) is 42.0 Å². The highest BCUT2D eigenvalue weighted by atomic mass is 16.5. The summed E-state index contributed by atoms with van der Waals surface area (Å²) < 4.78 is 5.15. The van der Waals surface area contributed by atoms with Crippen LogP contribution in [0.1, 0.15) is 17.2 Å². The number of aliphatic hydroxyl groups excluding tert-OH is 1. The van der Waals surface area contributed by atoms with Crippen LogP contribution in [0.25, 0.3) is 5.76 Å². The quantitative estimate of drug-likeness (QED) is 0.413. The molecule has 1 aliphatic heterocycles. The fraction of sp³-hybridized carbons (Fsp3) is 0.0833. The average molecular weight is 385 g/mol. The molecule has 1 heterocycles. The predicted octanol–water partition coefficient (Wildman–Crippen LogP) is 4.32. The largest absolute Gasteiger partial charge is 0.507 e. The number of benzene rings is 3. The second kappa shape index (κ2) is 7.64. The molecular formula is C24H19NO4. The molecule has 1 atom stereocenters. The van der Waals surface area contributed by atoms with E-state index in [9.17, 15) is 14.7 Å². The second-order valence-corrected chi connectivity index (χ2v) is 6.64. The molecule has 144 valence electrons. The number of ether oxygens (including phenoxy) is 1. The molecule has 5 nitrogen and oxygen atoms in total. The number of methoxy groups -OCH3 is 1. The average Bonchev–Trinajstić information content (AvgIpc) is 3.05. The van der Waals surface area contributed by atoms with Crippen LogP contribution in [0.2, 0.25) is 0 Å². The molecule has 0 unspecified atom stereocenters. The van der Waals surface area contributed by atoms with Crippen molar-refractivity contribution in [2.45, 2.75) is 6.04 Å². The molecule has 1 amide bonds.